The summed E-state index contributed by atoms with van der Waals surface area (Å²) in [4.78, 5) is 8.73. The third kappa shape index (κ3) is 2.25. The Kier molecular flexibility index (Phi) is 3.59. The van der Waals surface area contributed by atoms with E-state index in [0.29, 0.717) is 17.6 Å². The fraction of sp³-hybridized carbons (Fsp3) is 0.200. The molecule has 0 saturated heterocycles. The first-order chi connectivity index (χ1) is 9.70. The average Bonchev–Trinajstić information content (AvgIpc) is 2.83. The minimum atomic E-state index is 0.512. The molecule has 3 aromatic rings. The van der Waals surface area contributed by atoms with Crippen molar-refractivity contribution in [2.75, 3.05) is 6.61 Å². The summed E-state index contributed by atoms with van der Waals surface area (Å²) in [7, 11) is 0. The monoisotopic (exact) mass is 304 g/mol. The van der Waals surface area contributed by atoms with Crippen LogP contribution in [0.2, 0.25) is 5.15 Å². The van der Waals surface area contributed by atoms with E-state index >= 15 is 0 Å². The lowest BCUT2D eigenvalue weighted by Gasteiger charge is -2.09. The van der Waals surface area contributed by atoms with E-state index in [2.05, 4.69) is 15.3 Å². The summed E-state index contributed by atoms with van der Waals surface area (Å²) in [6, 6.07) is 7.98. The zero-order chi connectivity index (χ0) is 14.1. The maximum Gasteiger partial charge on any atom is 0.150 e. The highest BCUT2D eigenvalue weighted by molar-refractivity contribution is 7.18. The third-order valence-electron chi connectivity index (χ3n) is 2.96. The molecule has 1 aromatic carbocycles. The molecule has 102 valence electrons. The molecule has 2 heterocycles. The highest BCUT2D eigenvalue weighted by Crippen LogP contribution is 2.39. The number of thiophene rings is 1. The number of para-hydroxylation sites is 1. The number of nitrogens with zero attached hydrogens (tertiary/aromatic N) is 2. The Bertz CT molecular complexity index is 770. The van der Waals surface area contributed by atoms with Crippen LogP contribution in [-0.4, -0.2) is 16.6 Å². The summed E-state index contributed by atoms with van der Waals surface area (Å²) in [6.07, 6.45) is 0. The molecule has 0 bridgehead atoms. The summed E-state index contributed by atoms with van der Waals surface area (Å²) in [5.74, 6) is 1.54. The van der Waals surface area contributed by atoms with Gasteiger partial charge in [-0.05, 0) is 19.9 Å². The standard InChI is InChI=1S/C15H13ClN2OS/c1-3-19-12-7-5-4-6-10(12)11-8-20-14-13(11)17-9(2)18-15(14)16/h4-8H,3H2,1-2H3. The second-order valence-electron chi connectivity index (χ2n) is 4.32. The van der Waals surface area contributed by atoms with E-state index in [1.807, 2.05) is 38.1 Å². The molecule has 0 saturated carbocycles. The fourth-order valence-electron chi connectivity index (χ4n) is 2.15. The highest BCUT2D eigenvalue weighted by Gasteiger charge is 2.15. The maximum absolute atomic E-state index is 6.19. The predicted molar refractivity (Wildman–Crippen MR) is 83.8 cm³/mol. The molecule has 20 heavy (non-hydrogen) atoms. The van der Waals surface area contributed by atoms with Crippen LogP contribution in [-0.2, 0) is 0 Å². The van der Waals surface area contributed by atoms with Crippen LogP contribution < -0.4 is 4.74 Å². The third-order valence-corrected chi connectivity index (χ3v) is 4.32. The van der Waals surface area contributed by atoms with Crippen LogP contribution in [0.4, 0.5) is 0 Å². The van der Waals surface area contributed by atoms with E-state index in [-0.39, 0.29) is 0 Å². The van der Waals surface area contributed by atoms with E-state index in [4.69, 9.17) is 16.3 Å². The fourth-order valence-corrected chi connectivity index (χ4v) is 3.38. The molecule has 0 fully saturated rings. The molecule has 5 heteroatoms. The van der Waals surface area contributed by atoms with Gasteiger partial charge in [0.15, 0.2) is 5.15 Å². The molecule has 2 aromatic heterocycles. The first-order valence-electron chi connectivity index (χ1n) is 6.34. The Morgan fingerprint density at radius 1 is 1.20 bits per heavy atom. The van der Waals surface area contributed by atoms with Gasteiger partial charge < -0.3 is 4.74 Å². The van der Waals surface area contributed by atoms with Crippen molar-refractivity contribution in [1.29, 1.82) is 0 Å². The van der Waals surface area contributed by atoms with Gasteiger partial charge >= 0.3 is 0 Å². The summed E-state index contributed by atoms with van der Waals surface area (Å²) >= 11 is 7.75. The predicted octanol–water partition coefficient (Wildman–Crippen LogP) is 4.72. The van der Waals surface area contributed by atoms with Crippen molar-refractivity contribution in [2.45, 2.75) is 13.8 Å². The topological polar surface area (TPSA) is 35.0 Å². The second-order valence-corrected chi connectivity index (χ2v) is 5.56. The van der Waals surface area contributed by atoms with Gasteiger partial charge in [0.2, 0.25) is 0 Å². The smallest absolute Gasteiger partial charge is 0.150 e. The number of aromatic nitrogens is 2. The number of aryl methyl sites for hydroxylation is 1. The van der Waals surface area contributed by atoms with Gasteiger partial charge in [-0.1, -0.05) is 29.8 Å². The minimum absolute atomic E-state index is 0.512. The molecule has 0 aliphatic heterocycles. The van der Waals surface area contributed by atoms with Crippen LogP contribution in [0.3, 0.4) is 0 Å². The van der Waals surface area contributed by atoms with Crippen LogP contribution >= 0.6 is 22.9 Å². The molecule has 0 aliphatic rings. The Balaban J connectivity index is 2.25. The van der Waals surface area contributed by atoms with E-state index in [0.717, 1.165) is 27.1 Å². The lowest BCUT2D eigenvalue weighted by molar-refractivity contribution is 0.341. The molecule has 0 spiro atoms. The van der Waals surface area contributed by atoms with Gasteiger partial charge in [0.25, 0.3) is 0 Å². The molecule has 0 radical (unpaired) electrons. The molecule has 3 nitrogen and oxygen atoms in total. The Labute approximate surface area is 126 Å². The van der Waals surface area contributed by atoms with Gasteiger partial charge in [0, 0.05) is 16.5 Å². The largest absolute Gasteiger partial charge is 0.493 e. The molecule has 0 unspecified atom stereocenters. The van der Waals surface area contributed by atoms with Gasteiger partial charge in [0.1, 0.15) is 11.6 Å². The zero-order valence-corrected chi connectivity index (χ0v) is 12.8. The molecular weight excluding hydrogens is 292 g/mol. The summed E-state index contributed by atoms with van der Waals surface area (Å²) < 4.78 is 6.61. The van der Waals surface area contributed by atoms with Crippen LogP contribution in [0.5, 0.6) is 5.75 Å². The van der Waals surface area contributed by atoms with Crippen LogP contribution in [0.15, 0.2) is 29.6 Å². The summed E-state index contributed by atoms with van der Waals surface area (Å²) in [6.45, 7) is 4.46. The number of halogens is 1. The number of ether oxygens (including phenoxy) is 1. The average molecular weight is 305 g/mol. The van der Waals surface area contributed by atoms with Crippen molar-refractivity contribution in [2.24, 2.45) is 0 Å². The SMILES string of the molecule is CCOc1ccccc1-c1csc2c(Cl)nc(C)nc12. The van der Waals surface area contributed by atoms with Gasteiger partial charge in [0.05, 0.1) is 16.8 Å². The molecule has 0 N–H and O–H groups in total. The van der Waals surface area contributed by atoms with Crippen molar-refractivity contribution < 1.29 is 4.74 Å². The first-order valence-corrected chi connectivity index (χ1v) is 7.60. The number of hydrogen-bond donors (Lipinski definition) is 0. The van der Waals surface area contributed by atoms with Gasteiger partial charge in [-0.2, -0.15) is 0 Å². The number of hydrogen-bond acceptors (Lipinski definition) is 4. The highest BCUT2D eigenvalue weighted by atomic mass is 35.5. The van der Waals surface area contributed by atoms with E-state index in [9.17, 15) is 0 Å². The maximum atomic E-state index is 6.19. The lowest BCUT2D eigenvalue weighted by Crippen LogP contribution is -1.94. The first kappa shape index (κ1) is 13.3. The number of fused-ring (bicyclic) bond motifs is 1. The van der Waals surface area contributed by atoms with E-state index in [1.54, 1.807) is 11.3 Å². The lowest BCUT2D eigenvalue weighted by atomic mass is 10.1. The van der Waals surface area contributed by atoms with Crippen molar-refractivity contribution in [1.82, 2.24) is 9.97 Å². The molecule has 3 rings (SSSR count). The quantitative estimate of drug-likeness (QED) is 0.657. The summed E-state index contributed by atoms with van der Waals surface area (Å²) in [5, 5.41) is 2.57. The Hall–Kier alpha value is -1.65. The van der Waals surface area contributed by atoms with Crippen molar-refractivity contribution in [3.8, 4) is 16.9 Å². The molecular formula is C15H13ClN2OS. The Morgan fingerprint density at radius 3 is 2.80 bits per heavy atom. The van der Waals surface area contributed by atoms with E-state index < -0.39 is 0 Å². The van der Waals surface area contributed by atoms with Crippen molar-refractivity contribution >= 4 is 33.2 Å². The van der Waals surface area contributed by atoms with E-state index in [1.165, 1.54) is 0 Å². The normalized spacial score (nSPS) is 10.9. The van der Waals surface area contributed by atoms with Gasteiger partial charge in [-0.25, -0.2) is 9.97 Å². The van der Waals surface area contributed by atoms with Crippen LogP contribution in [0, 0.1) is 6.92 Å². The second kappa shape index (κ2) is 5.38. The molecule has 0 amide bonds. The van der Waals surface area contributed by atoms with Crippen molar-refractivity contribution in [3.63, 3.8) is 0 Å². The van der Waals surface area contributed by atoms with Crippen molar-refractivity contribution in [3.05, 3.63) is 40.6 Å². The van der Waals surface area contributed by atoms with Crippen LogP contribution in [0.25, 0.3) is 21.3 Å². The number of rotatable bonds is 3. The summed E-state index contributed by atoms with van der Waals surface area (Å²) in [5.41, 5.74) is 2.97. The number of benzene rings is 1. The minimum Gasteiger partial charge on any atom is -0.493 e. The van der Waals surface area contributed by atoms with Gasteiger partial charge in [-0.15, -0.1) is 11.3 Å². The molecule has 0 aliphatic carbocycles. The molecule has 0 atom stereocenters. The van der Waals surface area contributed by atoms with Gasteiger partial charge in [-0.3, -0.25) is 0 Å². The van der Waals surface area contributed by atoms with Crippen LogP contribution in [0.1, 0.15) is 12.7 Å². The Morgan fingerprint density at radius 2 is 2.00 bits per heavy atom. The zero-order valence-electron chi connectivity index (χ0n) is 11.2.